The molecule has 0 saturated heterocycles. The van der Waals surface area contributed by atoms with Crippen molar-refractivity contribution >= 4 is 16.7 Å². The van der Waals surface area contributed by atoms with Crippen molar-refractivity contribution in [2.45, 2.75) is 26.3 Å². The Labute approximate surface area is 100 Å². The lowest BCUT2D eigenvalue weighted by Crippen LogP contribution is -2.13. The van der Waals surface area contributed by atoms with E-state index in [1.807, 2.05) is 18.2 Å². The summed E-state index contributed by atoms with van der Waals surface area (Å²) in [5, 5.41) is 12.8. The molecule has 1 heterocycles. The van der Waals surface area contributed by atoms with Crippen molar-refractivity contribution in [1.29, 1.82) is 0 Å². The third kappa shape index (κ3) is 2.11. The Morgan fingerprint density at radius 3 is 2.94 bits per heavy atom. The molecule has 4 heteroatoms. The molecule has 0 bridgehead atoms. The van der Waals surface area contributed by atoms with Crippen LogP contribution in [0.4, 0.5) is 0 Å². The highest BCUT2D eigenvalue weighted by molar-refractivity contribution is 6.08. The van der Waals surface area contributed by atoms with Crippen LogP contribution in [0.2, 0.25) is 0 Å². The van der Waals surface area contributed by atoms with Gasteiger partial charge in [0, 0.05) is 29.2 Å². The lowest BCUT2D eigenvalue weighted by molar-refractivity contribution is 0.318. The zero-order valence-electron chi connectivity index (χ0n) is 9.93. The molecule has 0 saturated carbocycles. The van der Waals surface area contributed by atoms with Gasteiger partial charge in [-0.05, 0) is 18.6 Å². The summed E-state index contributed by atoms with van der Waals surface area (Å²) in [5.41, 5.74) is 7.57. The van der Waals surface area contributed by atoms with Crippen molar-refractivity contribution in [1.82, 2.24) is 4.57 Å². The van der Waals surface area contributed by atoms with E-state index in [0.717, 1.165) is 29.4 Å². The number of aryl methyl sites for hydroxylation is 1. The zero-order valence-corrected chi connectivity index (χ0v) is 9.93. The van der Waals surface area contributed by atoms with Crippen molar-refractivity contribution in [3.63, 3.8) is 0 Å². The van der Waals surface area contributed by atoms with E-state index in [9.17, 15) is 0 Å². The SMILES string of the molecule is CCCCn1ccc2c(/C(N)=N/O)cccc21. The van der Waals surface area contributed by atoms with Gasteiger partial charge < -0.3 is 15.5 Å². The lowest BCUT2D eigenvalue weighted by Gasteiger charge is -2.05. The third-order valence-corrected chi connectivity index (χ3v) is 2.95. The van der Waals surface area contributed by atoms with E-state index < -0.39 is 0 Å². The highest BCUT2D eigenvalue weighted by atomic mass is 16.4. The van der Waals surface area contributed by atoms with Crippen LogP contribution in [0.1, 0.15) is 25.3 Å². The number of rotatable bonds is 4. The second kappa shape index (κ2) is 4.91. The largest absolute Gasteiger partial charge is 0.409 e. The maximum atomic E-state index is 8.75. The topological polar surface area (TPSA) is 63.5 Å². The fourth-order valence-electron chi connectivity index (χ4n) is 2.02. The maximum absolute atomic E-state index is 8.75. The minimum absolute atomic E-state index is 0.156. The number of amidine groups is 1. The molecular weight excluding hydrogens is 214 g/mol. The molecule has 1 aromatic heterocycles. The number of oxime groups is 1. The number of benzene rings is 1. The van der Waals surface area contributed by atoms with Crippen molar-refractivity contribution in [3.8, 4) is 0 Å². The molecule has 1 aromatic carbocycles. The van der Waals surface area contributed by atoms with Gasteiger partial charge in [0.25, 0.3) is 0 Å². The number of aromatic nitrogens is 1. The van der Waals surface area contributed by atoms with Crippen LogP contribution in [-0.4, -0.2) is 15.6 Å². The van der Waals surface area contributed by atoms with Gasteiger partial charge in [-0.15, -0.1) is 0 Å². The normalized spacial score (nSPS) is 12.2. The molecule has 0 aliphatic carbocycles. The Morgan fingerprint density at radius 1 is 1.41 bits per heavy atom. The van der Waals surface area contributed by atoms with E-state index in [2.05, 4.69) is 28.9 Å². The Balaban J connectivity index is 2.49. The average Bonchev–Trinajstić information content (AvgIpc) is 2.78. The predicted octanol–water partition coefficient (Wildman–Crippen LogP) is 2.54. The Kier molecular flexibility index (Phi) is 3.32. The summed E-state index contributed by atoms with van der Waals surface area (Å²) in [5.74, 6) is 0.156. The fourth-order valence-corrected chi connectivity index (χ4v) is 2.02. The summed E-state index contributed by atoms with van der Waals surface area (Å²) >= 11 is 0. The van der Waals surface area contributed by atoms with E-state index in [1.165, 1.54) is 6.42 Å². The quantitative estimate of drug-likeness (QED) is 0.367. The van der Waals surface area contributed by atoms with Crippen molar-refractivity contribution in [2.75, 3.05) is 0 Å². The number of hydrogen-bond donors (Lipinski definition) is 2. The van der Waals surface area contributed by atoms with Gasteiger partial charge in [-0.1, -0.05) is 30.6 Å². The summed E-state index contributed by atoms with van der Waals surface area (Å²) in [6, 6.07) is 7.86. The average molecular weight is 231 g/mol. The van der Waals surface area contributed by atoms with Crippen molar-refractivity contribution < 1.29 is 5.21 Å². The number of nitrogens with two attached hydrogens (primary N) is 1. The molecule has 3 N–H and O–H groups in total. The summed E-state index contributed by atoms with van der Waals surface area (Å²) in [6.07, 6.45) is 4.37. The third-order valence-electron chi connectivity index (χ3n) is 2.95. The van der Waals surface area contributed by atoms with Gasteiger partial charge in [0.05, 0.1) is 0 Å². The second-order valence-electron chi connectivity index (χ2n) is 4.09. The first-order valence-electron chi connectivity index (χ1n) is 5.83. The molecule has 2 rings (SSSR count). The van der Waals surface area contributed by atoms with Gasteiger partial charge >= 0.3 is 0 Å². The van der Waals surface area contributed by atoms with Crippen LogP contribution in [0.5, 0.6) is 0 Å². The monoisotopic (exact) mass is 231 g/mol. The molecular formula is C13H17N3O. The first kappa shape index (κ1) is 11.5. The van der Waals surface area contributed by atoms with E-state index in [-0.39, 0.29) is 5.84 Å². The Hall–Kier alpha value is -1.97. The molecule has 0 unspecified atom stereocenters. The zero-order chi connectivity index (χ0) is 12.3. The molecule has 0 amide bonds. The minimum atomic E-state index is 0.156. The molecule has 0 spiro atoms. The Morgan fingerprint density at radius 2 is 2.24 bits per heavy atom. The minimum Gasteiger partial charge on any atom is -0.409 e. The number of hydrogen-bond acceptors (Lipinski definition) is 2. The molecule has 17 heavy (non-hydrogen) atoms. The molecule has 0 aliphatic rings. The van der Waals surface area contributed by atoms with Crippen LogP contribution in [0.3, 0.4) is 0 Å². The van der Waals surface area contributed by atoms with Crippen LogP contribution in [-0.2, 0) is 6.54 Å². The summed E-state index contributed by atoms with van der Waals surface area (Å²) in [7, 11) is 0. The van der Waals surface area contributed by atoms with Gasteiger partial charge in [-0.2, -0.15) is 0 Å². The summed E-state index contributed by atoms with van der Waals surface area (Å²) < 4.78 is 2.20. The van der Waals surface area contributed by atoms with Crippen LogP contribution < -0.4 is 5.73 Å². The van der Waals surface area contributed by atoms with E-state index in [4.69, 9.17) is 10.9 Å². The van der Waals surface area contributed by atoms with Gasteiger partial charge in [-0.25, -0.2) is 0 Å². The standard InChI is InChI=1S/C13H17N3O/c1-2-3-8-16-9-7-10-11(13(14)15-17)5-4-6-12(10)16/h4-7,9,17H,2-3,8H2,1H3,(H2,14,15). The molecule has 4 nitrogen and oxygen atoms in total. The second-order valence-corrected chi connectivity index (χ2v) is 4.09. The molecule has 0 radical (unpaired) electrons. The van der Waals surface area contributed by atoms with E-state index in [0.29, 0.717) is 0 Å². The molecule has 0 atom stereocenters. The number of nitrogens with zero attached hydrogens (tertiary/aromatic N) is 2. The van der Waals surface area contributed by atoms with Gasteiger partial charge in [0.1, 0.15) is 0 Å². The van der Waals surface area contributed by atoms with E-state index >= 15 is 0 Å². The fraction of sp³-hybridized carbons (Fsp3) is 0.308. The van der Waals surface area contributed by atoms with Crippen LogP contribution >= 0.6 is 0 Å². The molecule has 0 fully saturated rings. The van der Waals surface area contributed by atoms with E-state index in [1.54, 1.807) is 0 Å². The number of fused-ring (bicyclic) bond motifs is 1. The molecule has 90 valence electrons. The van der Waals surface area contributed by atoms with Crippen molar-refractivity contribution in [2.24, 2.45) is 10.9 Å². The van der Waals surface area contributed by atoms with Crippen LogP contribution in [0, 0.1) is 0 Å². The van der Waals surface area contributed by atoms with Gasteiger partial charge in [0.15, 0.2) is 5.84 Å². The van der Waals surface area contributed by atoms with Crippen LogP contribution in [0.15, 0.2) is 35.6 Å². The predicted molar refractivity (Wildman–Crippen MR) is 69.4 cm³/mol. The first-order valence-corrected chi connectivity index (χ1v) is 5.83. The highest BCUT2D eigenvalue weighted by Crippen LogP contribution is 2.20. The smallest absolute Gasteiger partial charge is 0.170 e. The molecule has 2 aromatic rings. The highest BCUT2D eigenvalue weighted by Gasteiger charge is 2.08. The summed E-state index contributed by atoms with van der Waals surface area (Å²) in [6.45, 7) is 3.17. The van der Waals surface area contributed by atoms with Crippen molar-refractivity contribution in [3.05, 3.63) is 36.0 Å². The molecule has 0 aliphatic heterocycles. The van der Waals surface area contributed by atoms with Gasteiger partial charge in [0.2, 0.25) is 0 Å². The van der Waals surface area contributed by atoms with Crippen LogP contribution in [0.25, 0.3) is 10.9 Å². The van der Waals surface area contributed by atoms with Gasteiger partial charge in [-0.3, -0.25) is 0 Å². The maximum Gasteiger partial charge on any atom is 0.170 e. The number of unbranched alkanes of at least 4 members (excludes halogenated alkanes) is 1. The first-order chi connectivity index (χ1) is 8.27. The summed E-state index contributed by atoms with van der Waals surface area (Å²) in [4.78, 5) is 0. The Bertz CT molecular complexity index is 543. The lowest BCUT2D eigenvalue weighted by atomic mass is 10.1.